The maximum Gasteiger partial charge on any atom is 0.222 e. The van der Waals surface area contributed by atoms with Crippen molar-refractivity contribution in [3.05, 3.63) is 65.2 Å². The number of nitrogens with one attached hydrogen (secondary N) is 3. The molecule has 174 valence electrons. The van der Waals surface area contributed by atoms with Crippen molar-refractivity contribution in [2.24, 2.45) is 4.99 Å². The normalized spacial score (nSPS) is 11.2. The summed E-state index contributed by atoms with van der Waals surface area (Å²) in [4.78, 5) is 16.8. The Bertz CT molecular complexity index is 840. The van der Waals surface area contributed by atoms with E-state index in [9.17, 15) is 4.79 Å². The minimum Gasteiger partial charge on any atom is -0.493 e. The Kier molecular flexibility index (Phi) is 11.7. The number of hydrogen-bond donors (Lipinski definition) is 3. The Balaban J connectivity index is 1.84. The van der Waals surface area contributed by atoms with Gasteiger partial charge in [0.05, 0.1) is 13.2 Å². The topological polar surface area (TPSA) is 84.0 Å². The van der Waals surface area contributed by atoms with Crippen molar-refractivity contribution in [3.63, 3.8) is 0 Å². The number of aryl methyl sites for hydroxylation is 1. The fourth-order valence-corrected chi connectivity index (χ4v) is 3.00. The van der Waals surface area contributed by atoms with E-state index in [0.29, 0.717) is 45.2 Å². The summed E-state index contributed by atoms with van der Waals surface area (Å²) in [5.74, 6) is 1.53. The molecule has 0 unspecified atom stereocenters. The third-order valence-corrected chi connectivity index (χ3v) is 4.70. The number of hydrogen-bond acceptors (Lipinski definition) is 4. The van der Waals surface area contributed by atoms with Gasteiger partial charge in [0, 0.05) is 51.8 Å². The maximum absolute atomic E-state index is 12.1. The summed E-state index contributed by atoms with van der Waals surface area (Å²) in [6.07, 6.45) is 1.21. The number of methoxy groups -OCH3 is 1. The first-order chi connectivity index (χ1) is 15.6. The van der Waals surface area contributed by atoms with Crippen LogP contribution >= 0.6 is 0 Å². The minimum absolute atomic E-state index is 0.00230. The average Bonchev–Trinajstić information content (AvgIpc) is 2.80. The fourth-order valence-electron chi connectivity index (χ4n) is 3.00. The van der Waals surface area contributed by atoms with E-state index in [0.717, 1.165) is 35.4 Å². The molecule has 3 N–H and O–H groups in total. The van der Waals surface area contributed by atoms with E-state index in [4.69, 9.17) is 9.47 Å². The molecule has 0 fully saturated rings. The lowest BCUT2D eigenvalue weighted by Gasteiger charge is -2.14. The highest BCUT2D eigenvalue weighted by atomic mass is 16.5. The molecule has 0 aliphatic carbocycles. The van der Waals surface area contributed by atoms with Gasteiger partial charge in [-0.15, -0.1) is 0 Å². The lowest BCUT2D eigenvalue weighted by molar-refractivity contribution is -0.121. The predicted octanol–water partition coefficient (Wildman–Crippen LogP) is 3.17. The van der Waals surface area contributed by atoms with Gasteiger partial charge in [0.25, 0.3) is 0 Å². The SMILES string of the molecule is CCNC(=NCc1ccc(C)cc1OCCCOC)NCCC(=O)NCc1ccccc1. The van der Waals surface area contributed by atoms with E-state index < -0.39 is 0 Å². The number of guanidine groups is 1. The number of carbonyl (C=O) groups is 1. The first-order valence-electron chi connectivity index (χ1n) is 11.2. The fraction of sp³-hybridized carbons (Fsp3) is 0.440. The summed E-state index contributed by atoms with van der Waals surface area (Å²) in [7, 11) is 1.69. The van der Waals surface area contributed by atoms with Crippen LogP contribution in [0.25, 0.3) is 0 Å². The van der Waals surface area contributed by atoms with Gasteiger partial charge in [0.1, 0.15) is 5.75 Å². The second-order valence-corrected chi connectivity index (χ2v) is 7.44. The number of rotatable bonds is 13. The molecule has 0 aliphatic rings. The minimum atomic E-state index is 0.00230. The molecule has 0 aromatic heterocycles. The lowest BCUT2D eigenvalue weighted by atomic mass is 10.1. The van der Waals surface area contributed by atoms with Gasteiger partial charge in [-0.1, -0.05) is 42.5 Å². The zero-order valence-corrected chi connectivity index (χ0v) is 19.4. The van der Waals surface area contributed by atoms with Crippen LogP contribution in [0.2, 0.25) is 0 Å². The highest BCUT2D eigenvalue weighted by Crippen LogP contribution is 2.21. The van der Waals surface area contributed by atoms with Crippen LogP contribution in [0.4, 0.5) is 0 Å². The van der Waals surface area contributed by atoms with Crippen LogP contribution in [0.15, 0.2) is 53.5 Å². The molecule has 0 saturated heterocycles. The third-order valence-electron chi connectivity index (χ3n) is 4.70. The first-order valence-corrected chi connectivity index (χ1v) is 11.2. The van der Waals surface area contributed by atoms with Crippen molar-refractivity contribution in [1.29, 1.82) is 0 Å². The Morgan fingerprint density at radius 1 is 1.03 bits per heavy atom. The largest absolute Gasteiger partial charge is 0.493 e. The molecule has 32 heavy (non-hydrogen) atoms. The Morgan fingerprint density at radius 3 is 2.59 bits per heavy atom. The Labute approximate surface area is 191 Å². The molecule has 2 aromatic rings. The molecule has 2 rings (SSSR count). The number of carbonyl (C=O) groups excluding carboxylic acids is 1. The highest BCUT2D eigenvalue weighted by Gasteiger charge is 2.06. The lowest BCUT2D eigenvalue weighted by Crippen LogP contribution is -2.39. The van der Waals surface area contributed by atoms with Crippen molar-refractivity contribution < 1.29 is 14.3 Å². The summed E-state index contributed by atoms with van der Waals surface area (Å²) in [6, 6.07) is 16.0. The van der Waals surface area contributed by atoms with Crippen LogP contribution in [-0.2, 0) is 22.6 Å². The van der Waals surface area contributed by atoms with Gasteiger partial charge in [-0.05, 0) is 31.0 Å². The van der Waals surface area contributed by atoms with Gasteiger partial charge >= 0.3 is 0 Å². The van der Waals surface area contributed by atoms with Crippen molar-refractivity contribution in [2.75, 3.05) is 33.4 Å². The van der Waals surface area contributed by atoms with Gasteiger partial charge in [-0.25, -0.2) is 4.99 Å². The smallest absolute Gasteiger partial charge is 0.222 e. The summed E-state index contributed by atoms with van der Waals surface area (Å²) in [5.41, 5.74) is 3.25. The van der Waals surface area contributed by atoms with Gasteiger partial charge in [0.15, 0.2) is 5.96 Å². The number of ether oxygens (including phenoxy) is 2. The molecule has 0 bridgehead atoms. The van der Waals surface area contributed by atoms with Crippen LogP contribution in [-0.4, -0.2) is 45.3 Å². The van der Waals surface area contributed by atoms with Crippen LogP contribution in [0.5, 0.6) is 5.75 Å². The molecule has 0 radical (unpaired) electrons. The zero-order chi connectivity index (χ0) is 23.0. The summed E-state index contributed by atoms with van der Waals surface area (Å²) in [6.45, 7) is 7.59. The number of amides is 1. The predicted molar refractivity (Wildman–Crippen MR) is 129 cm³/mol. The van der Waals surface area contributed by atoms with E-state index in [1.165, 1.54) is 0 Å². The zero-order valence-electron chi connectivity index (χ0n) is 19.4. The van der Waals surface area contributed by atoms with Crippen LogP contribution in [0, 0.1) is 6.92 Å². The van der Waals surface area contributed by atoms with Gasteiger partial charge in [-0.2, -0.15) is 0 Å². The average molecular weight is 441 g/mol. The van der Waals surface area contributed by atoms with E-state index in [1.54, 1.807) is 7.11 Å². The molecule has 0 atom stereocenters. The first kappa shape index (κ1) is 25.2. The number of aliphatic imine (C=N–C) groups is 1. The highest BCUT2D eigenvalue weighted by molar-refractivity contribution is 5.81. The van der Waals surface area contributed by atoms with Gasteiger partial charge in [-0.3, -0.25) is 4.79 Å². The van der Waals surface area contributed by atoms with Gasteiger partial charge in [0.2, 0.25) is 5.91 Å². The monoisotopic (exact) mass is 440 g/mol. The summed E-state index contributed by atoms with van der Waals surface area (Å²) in [5, 5.41) is 9.40. The van der Waals surface area contributed by atoms with E-state index >= 15 is 0 Å². The molecule has 7 heteroatoms. The van der Waals surface area contributed by atoms with Crippen LogP contribution < -0.4 is 20.7 Å². The molecule has 0 spiro atoms. The molecular weight excluding hydrogens is 404 g/mol. The maximum atomic E-state index is 12.1. The van der Waals surface area contributed by atoms with E-state index in [2.05, 4.69) is 27.0 Å². The second-order valence-electron chi connectivity index (χ2n) is 7.44. The van der Waals surface area contributed by atoms with Crippen LogP contribution in [0.1, 0.15) is 36.5 Å². The Morgan fingerprint density at radius 2 is 1.84 bits per heavy atom. The molecule has 0 saturated carbocycles. The molecule has 7 nitrogen and oxygen atoms in total. The van der Waals surface area contributed by atoms with Crippen LogP contribution in [0.3, 0.4) is 0 Å². The number of nitrogens with zero attached hydrogens (tertiary/aromatic N) is 1. The molecule has 0 heterocycles. The second kappa shape index (κ2) is 14.9. The third kappa shape index (κ3) is 9.83. The van der Waals surface area contributed by atoms with Gasteiger partial charge < -0.3 is 25.4 Å². The standard InChI is InChI=1S/C25H36N4O3/c1-4-26-25(27-14-13-24(30)28-18-21-9-6-5-7-10-21)29-19-22-12-11-20(2)17-23(22)32-16-8-15-31-3/h5-7,9-12,17H,4,8,13-16,18-19H2,1-3H3,(H,28,30)(H2,26,27,29). The molecule has 1 amide bonds. The van der Waals surface area contributed by atoms with Crippen molar-refractivity contribution >= 4 is 11.9 Å². The Hall–Kier alpha value is -3.06. The summed E-state index contributed by atoms with van der Waals surface area (Å²) >= 11 is 0. The number of benzene rings is 2. The molecular formula is C25H36N4O3. The van der Waals surface area contributed by atoms with E-state index in [1.807, 2.05) is 56.3 Å². The molecule has 0 aliphatic heterocycles. The summed E-state index contributed by atoms with van der Waals surface area (Å²) < 4.78 is 11.0. The van der Waals surface area contributed by atoms with Crippen molar-refractivity contribution in [1.82, 2.24) is 16.0 Å². The molecule has 2 aromatic carbocycles. The quantitative estimate of drug-likeness (QED) is 0.253. The van der Waals surface area contributed by atoms with Crippen molar-refractivity contribution in [2.45, 2.75) is 39.8 Å². The van der Waals surface area contributed by atoms with E-state index in [-0.39, 0.29) is 5.91 Å². The van der Waals surface area contributed by atoms with Crippen molar-refractivity contribution in [3.8, 4) is 5.75 Å².